The lowest BCUT2D eigenvalue weighted by molar-refractivity contribution is -0.668. The minimum Gasteiger partial charge on any atom is -0.748 e. The van der Waals surface area contributed by atoms with Crippen LogP contribution in [-0.2, 0) is 16.7 Å². The smallest absolute Gasteiger partial charge is 0.265 e. The highest BCUT2D eigenvalue weighted by molar-refractivity contribution is 8.03. The Labute approximate surface area is 179 Å². The minimum absolute atomic E-state index is 0.303. The lowest BCUT2D eigenvalue weighted by atomic mass is 10.2. The Morgan fingerprint density at radius 1 is 1.21 bits per heavy atom. The van der Waals surface area contributed by atoms with Crippen LogP contribution in [0.4, 0.5) is 5.69 Å². The van der Waals surface area contributed by atoms with Gasteiger partial charge in [-0.25, -0.2) is 8.42 Å². The van der Waals surface area contributed by atoms with Crippen LogP contribution < -0.4 is 9.47 Å². The highest BCUT2D eigenvalue weighted by atomic mass is 32.2. The number of benzene rings is 2. The van der Waals surface area contributed by atoms with Gasteiger partial charge in [-0.15, -0.1) is 0 Å². The van der Waals surface area contributed by atoms with Gasteiger partial charge in [0.25, 0.3) is 5.01 Å². The molecular formula is C21H22N2O3S3. The Hall–Kier alpha value is -1.87. The predicted octanol–water partition coefficient (Wildman–Crippen LogP) is 4.36. The van der Waals surface area contributed by atoms with Crippen LogP contribution in [0, 0.1) is 6.92 Å². The molecule has 2 heterocycles. The summed E-state index contributed by atoms with van der Waals surface area (Å²) in [6, 6.07) is 14.6. The van der Waals surface area contributed by atoms with E-state index < -0.39 is 10.1 Å². The van der Waals surface area contributed by atoms with Crippen LogP contribution in [0.3, 0.4) is 0 Å². The SMILES string of the molecule is CCN1C(=Cc2sc3cc(C)ccc3[n+]2CCCS(=O)(=O)[O-])Sc2ccccc21. The highest BCUT2D eigenvalue weighted by Gasteiger charge is 2.26. The quantitative estimate of drug-likeness (QED) is 0.416. The Bertz CT molecular complexity index is 1200. The summed E-state index contributed by atoms with van der Waals surface area (Å²) in [5.41, 5.74) is 3.47. The fraction of sp³-hybridized carbons (Fsp3) is 0.286. The molecule has 8 heteroatoms. The third-order valence-electron chi connectivity index (χ3n) is 4.86. The van der Waals surface area contributed by atoms with E-state index in [1.807, 2.05) is 6.07 Å². The molecule has 1 aliphatic rings. The molecule has 29 heavy (non-hydrogen) atoms. The van der Waals surface area contributed by atoms with Gasteiger partial charge in [0.05, 0.1) is 26.9 Å². The van der Waals surface area contributed by atoms with Crippen molar-refractivity contribution in [2.24, 2.45) is 0 Å². The Morgan fingerprint density at radius 3 is 2.76 bits per heavy atom. The van der Waals surface area contributed by atoms with Gasteiger partial charge in [-0.3, -0.25) is 0 Å². The zero-order valence-electron chi connectivity index (χ0n) is 16.3. The zero-order chi connectivity index (χ0) is 20.6. The largest absolute Gasteiger partial charge is 0.748 e. The van der Waals surface area contributed by atoms with Crippen LogP contribution >= 0.6 is 23.1 Å². The maximum absolute atomic E-state index is 11.1. The summed E-state index contributed by atoms with van der Waals surface area (Å²) in [6.45, 7) is 5.56. The van der Waals surface area contributed by atoms with E-state index in [2.05, 4.69) is 65.8 Å². The molecule has 1 aliphatic heterocycles. The Morgan fingerprint density at radius 2 is 2.00 bits per heavy atom. The van der Waals surface area contributed by atoms with Crippen molar-refractivity contribution in [3.8, 4) is 0 Å². The number of rotatable bonds is 6. The molecule has 0 fully saturated rings. The first-order chi connectivity index (χ1) is 13.9. The standard InChI is InChI=1S/C21H22N2O3S3/c1-3-22-16-7-4-5-8-18(16)27-20(22)14-21-23(11-6-12-29(24,25)26)17-10-9-15(2)13-19(17)28-21/h4-5,7-10,13-14H,3,6,11-12H2,1-2H3. The summed E-state index contributed by atoms with van der Waals surface area (Å²) in [6.07, 6.45) is 2.48. The monoisotopic (exact) mass is 446 g/mol. The van der Waals surface area contributed by atoms with Crippen molar-refractivity contribution in [3.05, 3.63) is 58.1 Å². The van der Waals surface area contributed by atoms with Gasteiger partial charge < -0.3 is 9.45 Å². The highest BCUT2D eigenvalue weighted by Crippen LogP contribution is 2.46. The molecule has 5 nitrogen and oxygen atoms in total. The van der Waals surface area contributed by atoms with E-state index in [1.165, 1.54) is 16.1 Å². The fourth-order valence-electron chi connectivity index (χ4n) is 3.54. The second kappa shape index (κ2) is 8.10. The van der Waals surface area contributed by atoms with E-state index in [0.717, 1.165) is 26.8 Å². The van der Waals surface area contributed by atoms with Crippen molar-refractivity contribution in [2.45, 2.75) is 31.7 Å². The summed E-state index contributed by atoms with van der Waals surface area (Å²) in [5, 5.41) is 2.21. The van der Waals surface area contributed by atoms with Crippen LogP contribution in [0.1, 0.15) is 23.9 Å². The average Bonchev–Trinajstić information content (AvgIpc) is 3.18. The number of aryl methyl sites for hydroxylation is 2. The van der Waals surface area contributed by atoms with Gasteiger partial charge in [0.1, 0.15) is 4.70 Å². The summed E-state index contributed by atoms with van der Waals surface area (Å²) in [4.78, 5) is 3.53. The molecule has 0 amide bonds. The van der Waals surface area contributed by atoms with Crippen molar-refractivity contribution < 1.29 is 17.5 Å². The van der Waals surface area contributed by atoms with Crippen LogP contribution in [0.5, 0.6) is 0 Å². The maximum atomic E-state index is 11.1. The van der Waals surface area contributed by atoms with E-state index in [1.54, 1.807) is 23.1 Å². The number of thioether (sulfide) groups is 1. The number of nitrogens with zero attached hydrogens (tertiary/aromatic N) is 2. The van der Waals surface area contributed by atoms with E-state index >= 15 is 0 Å². The third-order valence-corrected chi connectivity index (χ3v) is 7.86. The van der Waals surface area contributed by atoms with Gasteiger partial charge in [-0.1, -0.05) is 41.3 Å². The summed E-state index contributed by atoms with van der Waals surface area (Å²) in [5.74, 6) is -0.347. The predicted molar refractivity (Wildman–Crippen MR) is 119 cm³/mol. The molecule has 4 rings (SSSR count). The molecule has 0 saturated carbocycles. The van der Waals surface area contributed by atoms with E-state index in [9.17, 15) is 13.0 Å². The molecule has 0 aliphatic carbocycles. The van der Waals surface area contributed by atoms with E-state index in [0.29, 0.717) is 13.0 Å². The summed E-state index contributed by atoms with van der Waals surface area (Å²) in [7, 11) is -4.21. The van der Waals surface area contributed by atoms with Crippen molar-refractivity contribution in [1.82, 2.24) is 0 Å². The average molecular weight is 447 g/mol. The van der Waals surface area contributed by atoms with Crippen molar-refractivity contribution in [1.29, 1.82) is 0 Å². The Balaban J connectivity index is 1.75. The molecule has 0 atom stereocenters. The molecule has 3 aromatic rings. The molecule has 0 saturated heterocycles. The van der Waals surface area contributed by atoms with Gasteiger partial charge in [0, 0.05) is 29.7 Å². The van der Waals surface area contributed by atoms with Crippen LogP contribution in [-0.4, -0.2) is 25.3 Å². The van der Waals surface area contributed by atoms with Crippen LogP contribution in [0.2, 0.25) is 0 Å². The Kier molecular flexibility index (Phi) is 5.70. The van der Waals surface area contributed by atoms with E-state index in [4.69, 9.17) is 0 Å². The number of hydrogen-bond acceptors (Lipinski definition) is 6. The van der Waals surface area contributed by atoms with Crippen LogP contribution in [0.15, 0.2) is 52.4 Å². The lowest BCUT2D eigenvalue weighted by Gasteiger charge is -2.17. The number of para-hydroxylation sites is 1. The normalized spacial score (nSPS) is 15.4. The first kappa shape index (κ1) is 20.4. The molecule has 0 N–H and O–H groups in total. The molecule has 0 unspecified atom stereocenters. The summed E-state index contributed by atoms with van der Waals surface area (Å²) >= 11 is 3.44. The molecule has 2 aromatic carbocycles. The second-order valence-corrected chi connectivity index (χ2v) is 10.6. The van der Waals surface area contributed by atoms with Gasteiger partial charge in [-0.05, 0) is 37.6 Å². The van der Waals surface area contributed by atoms with Crippen molar-refractivity contribution in [2.75, 3.05) is 17.2 Å². The minimum atomic E-state index is -4.21. The maximum Gasteiger partial charge on any atom is 0.265 e. The molecule has 0 spiro atoms. The van der Waals surface area contributed by atoms with E-state index in [-0.39, 0.29) is 5.75 Å². The van der Waals surface area contributed by atoms with Gasteiger partial charge >= 0.3 is 0 Å². The number of hydrogen-bond donors (Lipinski definition) is 0. The topological polar surface area (TPSA) is 64.3 Å². The number of anilines is 1. The molecule has 152 valence electrons. The van der Waals surface area contributed by atoms with Crippen LogP contribution in [0.25, 0.3) is 16.3 Å². The van der Waals surface area contributed by atoms with Crippen molar-refractivity contribution in [3.63, 3.8) is 0 Å². The first-order valence-electron chi connectivity index (χ1n) is 9.48. The number of aromatic nitrogens is 1. The zero-order valence-corrected chi connectivity index (χ0v) is 18.7. The fourth-order valence-corrected chi connectivity index (χ4v) is 6.49. The molecular weight excluding hydrogens is 424 g/mol. The number of fused-ring (bicyclic) bond motifs is 2. The van der Waals surface area contributed by atoms with Gasteiger partial charge in [0.15, 0.2) is 6.54 Å². The first-order valence-corrected chi connectivity index (χ1v) is 12.7. The van der Waals surface area contributed by atoms with Gasteiger partial charge in [0.2, 0.25) is 5.52 Å². The molecule has 0 radical (unpaired) electrons. The third kappa shape index (κ3) is 4.35. The molecule has 1 aromatic heterocycles. The van der Waals surface area contributed by atoms with Gasteiger partial charge in [-0.2, -0.15) is 4.57 Å². The second-order valence-electron chi connectivity index (χ2n) is 6.98. The number of thiazole rings is 1. The lowest BCUT2D eigenvalue weighted by Crippen LogP contribution is -2.36. The van der Waals surface area contributed by atoms with Crippen molar-refractivity contribution >= 4 is 55.2 Å². The molecule has 0 bridgehead atoms. The summed E-state index contributed by atoms with van der Waals surface area (Å²) < 4.78 is 36.5.